The van der Waals surface area contributed by atoms with Gasteiger partial charge in [0.1, 0.15) is 6.04 Å². The summed E-state index contributed by atoms with van der Waals surface area (Å²) in [7, 11) is 1.87. The first-order valence-corrected chi connectivity index (χ1v) is 7.79. The number of amides is 1. The molecule has 0 saturated heterocycles. The highest BCUT2D eigenvalue weighted by Crippen LogP contribution is 2.33. The number of hydrogen-bond donors (Lipinski definition) is 0. The summed E-state index contributed by atoms with van der Waals surface area (Å²) in [5.74, 6) is 1.50. The molecule has 0 fully saturated rings. The summed E-state index contributed by atoms with van der Waals surface area (Å²) in [6, 6.07) is 7.87. The van der Waals surface area contributed by atoms with Gasteiger partial charge in [-0.2, -0.15) is 4.98 Å². The zero-order chi connectivity index (χ0) is 16.7. The number of hydrogen-bond acceptors (Lipinski definition) is 5. The Labute approximate surface area is 138 Å². The van der Waals surface area contributed by atoms with Crippen molar-refractivity contribution in [3.63, 3.8) is 0 Å². The molecular formula is C17H17N5O2. The second-order valence-electron chi connectivity index (χ2n) is 5.95. The quantitative estimate of drug-likeness (QED) is 0.722. The lowest BCUT2D eigenvalue weighted by molar-refractivity contribution is -0.133. The highest BCUT2D eigenvalue weighted by molar-refractivity contribution is 5.74. The minimum absolute atomic E-state index is 0.00811. The Morgan fingerprint density at radius 2 is 2.08 bits per heavy atom. The van der Waals surface area contributed by atoms with Crippen molar-refractivity contribution in [3.8, 4) is 11.6 Å². The number of fused-ring (bicyclic) bond motifs is 1. The van der Waals surface area contributed by atoms with E-state index in [4.69, 9.17) is 4.52 Å². The van der Waals surface area contributed by atoms with Crippen LogP contribution in [0.2, 0.25) is 0 Å². The molecule has 1 unspecified atom stereocenters. The van der Waals surface area contributed by atoms with Gasteiger partial charge in [0, 0.05) is 39.3 Å². The minimum Gasteiger partial charge on any atom is -0.337 e. The zero-order valence-electron chi connectivity index (χ0n) is 13.5. The van der Waals surface area contributed by atoms with Gasteiger partial charge in [-0.25, -0.2) is 4.98 Å². The maximum Gasteiger partial charge on any atom is 0.250 e. The topological polar surface area (TPSA) is 77.1 Å². The third kappa shape index (κ3) is 2.38. The Balaban J connectivity index is 1.71. The van der Waals surface area contributed by atoms with E-state index in [0.717, 1.165) is 5.56 Å². The summed E-state index contributed by atoms with van der Waals surface area (Å²) in [5, 5.41) is 4.04. The van der Waals surface area contributed by atoms with Crippen LogP contribution in [0, 0.1) is 0 Å². The normalized spacial score (nSPS) is 16.9. The summed E-state index contributed by atoms with van der Waals surface area (Å²) in [4.78, 5) is 22.6. The number of carbonyl (C=O) groups is 1. The highest BCUT2D eigenvalue weighted by atomic mass is 16.5. The van der Waals surface area contributed by atoms with Gasteiger partial charge in [0.15, 0.2) is 5.82 Å². The maximum absolute atomic E-state index is 12.1. The Kier molecular flexibility index (Phi) is 3.41. The first-order chi connectivity index (χ1) is 11.6. The number of carbonyl (C=O) groups excluding carboxylic acids is 1. The van der Waals surface area contributed by atoms with Crippen molar-refractivity contribution in [2.24, 2.45) is 7.05 Å². The smallest absolute Gasteiger partial charge is 0.250 e. The number of rotatable bonds is 2. The van der Waals surface area contributed by atoms with E-state index >= 15 is 0 Å². The van der Waals surface area contributed by atoms with Crippen molar-refractivity contribution in [2.45, 2.75) is 25.9 Å². The fourth-order valence-electron chi connectivity index (χ4n) is 3.12. The standard InChI is InChI=1S/C17H17N5O2/c1-11(23)22-10-13-6-4-3-5-12(13)9-14(22)17-19-15(20-24-17)16-18-7-8-21(16)2/h3-8,14H,9-10H2,1-2H3. The van der Waals surface area contributed by atoms with Crippen LogP contribution in [0.4, 0.5) is 0 Å². The van der Waals surface area contributed by atoms with E-state index < -0.39 is 0 Å². The average molecular weight is 323 g/mol. The van der Waals surface area contributed by atoms with Gasteiger partial charge in [0.2, 0.25) is 17.6 Å². The molecule has 7 nitrogen and oxygen atoms in total. The van der Waals surface area contributed by atoms with Gasteiger partial charge < -0.3 is 14.0 Å². The first-order valence-electron chi connectivity index (χ1n) is 7.79. The molecule has 0 saturated carbocycles. The molecule has 7 heteroatoms. The zero-order valence-corrected chi connectivity index (χ0v) is 13.5. The van der Waals surface area contributed by atoms with Crippen molar-refractivity contribution in [2.75, 3.05) is 0 Å². The van der Waals surface area contributed by atoms with Gasteiger partial charge in [-0.15, -0.1) is 0 Å². The first kappa shape index (κ1) is 14.6. The van der Waals surface area contributed by atoms with Crippen molar-refractivity contribution in [1.29, 1.82) is 0 Å². The van der Waals surface area contributed by atoms with Gasteiger partial charge >= 0.3 is 0 Å². The van der Waals surface area contributed by atoms with Gasteiger partial charge in [-0.05, 0) is 11.1 Å². The second-order valence-corrected chi connectivity index (χ2v) is 5.95. The predicted octanol–water partition coefficient (Wildman–Crippen LogP) is 2.12. The minimum atomic E-state index is -0.251. The number of aromatic nitrogens is 4. The molecule has 1 amide bonds. The Morgan fingerprint density at radius 1 is 1.29 bits per heavy atom. The van der Waals surface area contributed by atoms with E-state index in [1.807, 2.05) is 29.9 Å². The van der Waals surface area contributed by atoms with Gasteiger partial charge in [-0.1, -0.05) is 29.4 Å². The van der Waals surface area contributed by atoms with Gasteiger partial charge in [-0.3, -0.25) is 4.79 Å². The summed E-state index contributed by atoms with van der Waals surface area (Å²) in [5.41, 5.74) is 2.37. The Morgan fingerprint density at radius 3 is 2.79 bits per heavy atom. The molecule has 3 aromatic rings. The third-order valence-corrected chi connectivity index (χ3v) is 4.40. The summed E-state index contributed by atoms with van der Waals surface area (Å²) in [6.45, 7) is 2.12. The third-order valence-electron chi connectivity index (χ3n) is 4.40. The molecule has 4 rings (SSSR count). The lowest BCUT2D eigenvalue weighted by Crippen LogP contribution is -2.37. The number of imidazole rings is 1. The maximum atomic E-state index is 12.1. The molecule has 0 aliphatic carbocycles. The van der Waals surface area contributed by atoms with Gasteiger partial charge in [0.25, 0.3) is 0 Å². The Bertz CT molecular complexity index is 898. The van der Waals surface area contributed by atoms with Crippen LogP contribution in [0.15, 0.2) is 41.2 Å². The fourth-order valence-corrected chi connectivity index (χ4v) is 3.12. The van der Waals surface area contributed by atoms with Crippen molar-refractivity contribution < 1.29 is 9.32 Å². The van der Waals surface area contributed by atoms with Crippen LogP contribution in [-0.4, -0.2) is 30.5 Å². The van der Waals surface area contributed by atoms with Crippen LogP contribution < -0.4 is 0 Å². The Hall–Kier alpha value is -2.96. The van der Waals surface area contributed by atoms with Crippen LogP contribution in [0.5, 0.6) is 0 Å². The highest BCUT2D eigenvalue weighted by Gasteiger charge is 2.33. The van der Waals surface area contributed by atoms with Crippen LogP contribution >= 0.6 is 0 Å². The molecule has 1 aliphatic rings. The summed E-state index contributed by atoms with van der Waals surface area (Å²) in [6.07, 6.45) is 4.17. The predicted molar refractivity (Wildman–Crippen MR) is 85.6 cm³/mol. The summed E-state index contributed by atoms with van der Waals surface area (Å²) >= 11 is 0. The van der Waals surface area contributed by atoms with Crippen LogP contribution in [-0.2, 0) is 24.8 Å². The molecule has 0 N–H and O–H groups in total. The van der Waals surface area contributed by atoms with E-state index in [2.05, 4.69) is 27.3 Å². The van der Waals surface area contributed by atoms with Crippen molar-refractivity contribution in [1.82, 2.24) is 24.6 Å². The fraction of sp³-hybridized carbons (Fsp3) is 0.294. The largest absolute Gasteiger partial charge is 0.337 e. The molecule has 1 aromatic carbocycles. The van der Waals surface area contributed by atoms with Crippen LogP contribution in [0.25, 0.3) is 11.6 Å². The molecule has 2 aromatic heterocycles. The molecule has 24 heavy (non-hydrogen) atoms. The molecular weight excluding hydrogens is 306 g/mol. The average Bonchev–Trinajstić information content (AvgIpc) is 3.22. The molecule has 1 atom stereocenters. The van der Waals surface area contributed by atoms with Gasteiger partial charge in [0.05, 0.1) is 0 Å². The molecule has 0 spiro atoms. The lowest BCUT2D eigenvalue weighted by atomic mass is 9.94. The van der Waals surface area contributed by atoms with Crippen molar-refractivity contribution in [3.05, 3.63) is 53.7 Å². The number of benzene rings is 1. The molecule has 122 valence electrons. The van der Waals surface area contributed by atoms with E-state index in [0.29, 0.717) is 30.5 Å². The van der Waals surface area contributed by atoms with E-state index in [-0.39, 0.29) is 11.9 Å². The van der Waals surface area contributed by atoms with Crippen LogP contribution in [0.1, 0.15) is 30.0 Å². The van der Waals surface area contributed by atoms with E-state index in [9.17, 15) is 4.79 Å². The number of aryl methyl sites for hydroxylation is 1. The van der Waals surface area contributed by atoms with E-state index in [1.165, 1.54) is 5.56 Å². The van der Waals surface area contributed by atoms with Crippen molar-refractivity contribution >= 4 is 5.91 Å². The van der Waals surface area contributed by atoms with E-state index in [1.54, 1.807) is 18.0 Å². The second kappa shape index (κ2) is 5.59. The molecule has 0 bridgehead atoms. The monoisotopic (exact) mass is 323 g/mol. The SMILES string of the molecule is CC(=O)N1Cc2ccccc2CC1c1nc(-c2nccn2C)no1. The van der Waals surface area contributed by atoms with Crippen LogP contribution in [0.3, 0.4) is 0 Å². The molecule has 0 radical (unpaired) electrons. The molecule has 3 heterocycles. The summed E-state index contributed by atoms with van der Waals surface area (Å²) < 4.78 is 7.30. The molecule has 1 aliphatic heterocycles. The lowest BCUT2D eigenvalue weighted by Gasteiger charge is -2.34. The number of nitrogens with zero attached hydrogens (tertiary/aromatic N) is 5.